The molecule has 10 heteroatoms. The molecular formula is C18H14FN3O6. The van der Waals surface area contributed by atoms with Gasteiger partial charge in [-0.2, -0.15) is 0 Å². The number of non-ortho nitro benzene ring substituents is 1. The van der Waals surface area contributed by atoms with Crippen LogP contribution >= 0.6 is 0 Å². The molecule has 144 valence electrons. The molecule has 0 fully saturated rings. The van der Waals surface area contributed by atoms with Crippen LogP contribution in [-0.4, -0.2) is 27.7 Å². The Balaban J connectivity index is 1.59. The molecule has 0 spiro atoms. The SMILES string of the molecule is C[C@H](OC(=O)COc1ccccc1F)c1nnc(-c2ccc([N+](=O)[O-])cc2)o1. The Morgan fingerprint density at radius 1 is 1.21 bits per heavy atom. The number of esters is 1. The van der Waals surface area contributed by atoms with Gasteiger partial charge in [-0.1, -0.05) is 12.1 Å². The molecule has 2 aromatic carbocycles. The maximum atomic E-state index is 13.5. The van der Waals surface area contributed by atoms with Crippen molar-refractivity contribution in [3.8, 4) is 17.2 Å². The average molecular weight is 387 g/mol. The van der Waals surface area contributed by atoms with E-state index < -0.39 is 29.4 Å². The van der Waals surface area contributed by atoms with E-state index in [0.717, 1.165) is 0 Å². The van der Waals surface area contributed by atoms with Gasteiger partial charge in [0.05, 0.1) is 4.92 Å². The molecule has 3 rings (SSSR count). The molecule has 3 aromatic rings. The van der Waals surface area contributed by atoms with Crippen LogP contribution in [0.15, 0.2) is 52.9 Å². The van der Waals surface area contributed by atoms with Crippen LogP contribution in [0.1, 0.15) is 18.9 Å². The van der Waals surface area contributed by atoms with Gasteiger partial charge < -0.3 is 13.9 Å². The average Bonchev–Trinajstić information content (AvgIpc) is 3.18. The predicted molar refractivity (Wildman–Crippen MR) is 92.8 cm³/mol. The Labute approximate surface area is 157 Å². The molecule has 1 aromatic heterocycles. The van der Waals surface area contributed by atoms with Crippen LogP contribution in [-0.2, 0) is 9.53 Å². The summed E-state index contributed by atoms with van der Waals surface area (Å²) in [5.74, 6) is -1.24. The summed E-state index contributed by atoms with van der Waals surface area (Å²) in [6.07, 6.45) is -0.865. The molecular weight excluding hydrogens is 373 g/mol. The fourth-order valence-corrected chi connectivity index (χ4v) is 2.22. The summed E-state index contributed by atoms with van der Waals surface area (Å²) >= 11 is 0. The number of aromatic nitrogens is 2. The third-order valence-electron chi connectivity index (χ3n) is 3.60. The highest BCUT2D eigenvalue weighted by Gasteiger charge is 2.20. The molecule has 0 aliphatic rings. The minimum Gasteiger partial charge on any atom is -0.479 e. The zero-order chi connectivity index (χ0) is 20.1. The first-order valence-electron chi connectivity index (χ1n) is 8.09. The summed E-state index contributed by atoms with van der Waals surface area (Å²) < 4.78 is 29.1. The van der Waals surface area contributed by atoms with Gasteiger partial charge in [0.2, 0.25) is 5.89 Å². The largest absolute Gasteiger partial charge is 0.479 e. The van der Waals surface area contributed by atoms with E-state index in [9.17, 15) is 19.3 Å². The zero-order valence-corrected chi connectivity index (χ0v) is 14.6. The summed E-state index contributed by atoms with van der Waals surface area (Å²) in [5.41, 5.74) is 0.409. The van der Waals surface area contributed by atoms with Crippen molar-refractivity contribution in [1.82, 2.24) is 10.2 Å². The summed E-state index contributed by atoms with van der Waals surface area (Å²) in [4.78, 5) is 22.0. The van der Waals surface area contributed by atoms with E-state index >= 15 is 0 Å². The van der Waals surface area contributed by atoms with Crippen molar-refractivity contribution in [1.29, 1.82) is 0 Å². The summed E-state index contributed by atoms with van der Waals surface area (Å²) in [6.45, 7) is 1.03. The van der Waals surface area contributed by atoms with Crippen molar-refractivity contribution >= 4 is 11.7 Å². The number of benzene rings is 2. The van der Waals surface area contributed by atoms with Crippen LogP contribution in [0.4, 0.5) is 10.1 Å². The number of para-hydroxylation sites is 1. The Morgan fingerprint density at radius 3 is 2.61 bits per heavy atom. The Kier molecular flexibility index (Phi) is 5.58. The molecule has 0 saturated carbocycles. The highest BCUT2D eigenvalue weighted by molar-refractivity contribution is 5.71. The van der Waals surface area contributed by atoms with Crippen molar-refractivity contribution in [2.75, 3.05) is 6.61 Å². The minimum absolute atomic E-state index is 0.0348. The fourth-order valence-electron chi connectivity index (χ4n) is 2.22. The number of carbonyl (C=O) groups is 1. The summed E-state index contributed by atoms with van der Waals surface area (Å²) in [6, 6.07) is 11.2. The van der Waals surface area contributed by atoms with Crippen molar-refractivity contribution < 1.29 is 28.0 Å². The Bertz CT molecular complexity index is 989. The maximum absolute atomic E-state index is 13.5. The number of halogens is 1. The van der Waals surface area contributed by atoms with E-state index in [0.29, 0.717) is 5.56 Å². The third-order valence-corrected chi connectivity index (χ3v) is 3.60. The molecule has 9 nitrogen and oxygen atoms in total. The van der Waals surface area contributed by atoms with Gasteiger partial charge in [-0.05, 0) is 31.2 Å². The van der Waals surface area contributed by atoms with Crippen LogP contribution in [0.2, 0.25) is 0 Å². The second kappa shape index (κ2) is 8.25. The van der Waals surface area contributed by atoms with E-state index in [1.165, 1.54) is 49.4 Å². The number of carbonyl (C=O) groups excluding carboxylic acids is 1. The van der Waals surface area contributed by atoms with Gasteiger partial charge in [-0.15, -0.1) is 10.2 Å². The van der Waals surface area contributed by atoms with E-state index in [4.69, 9.17) is 13.9 Å². The van der Waals surface area contributed by atoms with Gasteiger partial charge >= 0.3 is 5.97 Å². The standard InChI is InChI=1S/C18H14FN3O6/c1-11(27-16(23)10-26-15-5-3-2-4-14(15)19)17-20-21-18(28-17)12-6-8-13(9-7-12)22(24)25/h2-9,11H,10H2,1H3/t11-/m0/s1. The molecule has 28 heavy (non-hydrogen) atoms. The van der Waals surface area contributed by atoms with Crippen molar-refractivity contribution in [2.24, 2.45) is 0 Å². The van der Waals surface area contributed by atoms with Gasteiger partial charge in [0.1, 0.15) is 0 Å². The van der Waals surface area contributed by atoms with Gasteiger partial charge in [-0.3, -0.25) is 10.1 Å². The fraction of sp³-hybridized carbons (Fsp3) is 0.167. The van der Waals surface area contributed by atoms with Crippen molar-refractivity contribution in [2.45, 2.75) is 13.0 Å². The molecule has 0 aliphatic heterocycles. The molecule has 0 saturated heterocycles. The van der Waals surface area contributed by atoms with E-state index in [2.05, 4.69) is 10.2 Å². The van der Waals surface area contributed by atoms with E-state index in [-0.39, 0.29) is 23.2 Å². The lowest BCUT2D eigenvalue weighted by Crippen LogP contribution is -2.17. The number of ether oxygens (including phenoxy) is 2. The highest BCUT2D eigenvalue weighted by Crippen LogP contribution is 2.24. The number of nitro groups is 1. The normalized spacial score (nSPS) is 11.6. The lowest BCUT2D eigenvalue weighted by molar-refractivity contribution is -0.384. The van der Waals surface area contributed by atoms with E-state index in [1.807, 2.05) is 0 Å². The Hall–Kier alpha value is -3.82. The Morgan fingerprint density at radius 2 is 1.93 bits per heavy atom. The zero-order valence-electron chi connectivity index (χ0n) is 14.6. The molecule has 0 bridgehead atoms. The number of nitrogens with zero attached hydrogens (tertiary/aromatic N) is 3. The van der Waals surface area contributed by atoms with E-state index in [1.54, 1.807) is 6.07 Å². The van der Waals surface area contributed by atoms with Crippen LogP contribution in [0.5, 0.6) is 5.75 Å². The third kappa shape index (κ3) is 4.47. The number of nitro benzene ring substituents is 1. The van der Waals surface area contributed by atoms with Gasteiger partial charge in [-0.25, -0.2) is 9.18 Å². The predicted octanol–water partition coefficient (Wildman–Crippen LogP) is 3.47. The minimum atomic E-state index is -0.865. The lowest BCUT2D eigenvalue weighted by Gasteiger charge is -2.10. The van der Waals surface area contributed by atoms with Crippen LogP contribution in [0.25, 0.3) is 11.5 Å². The molecule has 0 radical (unpaired) electrons. The molecule has 0 unspecified atom stereocenters. The van der Waals surface area contributed by atoms with Crippen LogP contribution < -0.4 is 4.74 Å². The molecule has 1 heterocycles. The highest BCUT2D eigenvalue weighted by atomic mass is 19.1. The number of rotatable bonds is 7. The summed E-state index contributed by atoms with van der Waals surface area (Å²) in [7, 11) is 0. The molecule has 0 aliphatic carbocycles. The second-order valence-electron chi connectivity index (χ2n) is 5.60. The van der Waals surface area contributed by atoms with Crippen molar-refractivity contribution in [3.63, 3.8) is 0 Å². The first-order valence-corrected chi connectivity index (χ1v) is 8.09. The van der Waals surface area contributed by atoms with Crippen LogP contribution in [0, 0.1) is 15.9 Å². The molecule has 0 N–H and O–H groups in total. The van der Waals surface area contributed by atoms with Crippen LogP contribution in [0.3, 0.4) is 0 Å². The van der Waals surface area contributed by atoms with Crippen molar-refractivity contribution in [3.05, 3.63) is 70.4 Å². The topological polar surface area (TPSA) is 118 Å². The first-order chi connectivity index (χ1) is 13.4. The van der Waals surface area contributed by atoms with Gasteiger partial charge in [0.25, 0.3) is 11.6 Å². The second-order valence-corrected chi connectivity index (χ2v) is 5.60. The first kappa shape index (κ1) is 19.0. The molecule has 0 amide bonds. The lowest BCUT2D eigenvalue weighted by atomic mass is 10.2. The number of hydrogen-bond donors (Lipinski definition) is 0. The monoisotopic (exact) mass is 387 g/mol. The summed E-state index contributed by atoms with van der Waals surface area (Å²) in [5, 5.41) is 18.3. The maximum Gasteiger partial charge on any atom is 0.344 e. The molecule has 1 atom stereocenters. The smallest absolute Gasteiger partial charge is 0.344 e. The number of hydrogen-bond acceptors (Lipinski definition) is 8. The van der Waals surface area contributed by atoms with Gasteiger partial charge in [0.15, 0.2) is 24.3 Å². The quantitative estimate of drug-likeness (QED) is 0.344. The van der Waals surface area contributed by atoms with Gasteiger partial charge in [0, 0.05) is 17.7 Å².